The molecule has 1 amide bonds. The van der Waals surface area contributed by atoms with Crippen molar-refractivity contribution in [1.82, 2.24) is 10.0 Å². The number of halogens is 1. The normalized spacial score (nSPS) is 11.3. The predicted molar refractivity (Wildman–Crippen MR) is 82.4 cm³/mol. The van der Waals surface area contributed by atoms with E-state index in [9.17, 15) is 13.2 Å². The number of aryl methyl sites for hydroxylation is 1. The highest BCUT2D eigenvalue weighted by Crippen LogP contribution is 2.11. The highest BCUT2D eigenvalue weighted by molar-refractivity contribution is 9.09. The van der Waals surface area contributed by atoms with Crippen LogP contribution in [0.5, 0.6) is 0 Å². The highest BCUT2D eigenvalue weighted by atomic mass is 79.9. The average molecular weight is 363 g/mol. The van der Waals surface area contributed by atoms with E-state index < -0.39 is 10.0 Å². The van der Waals surface area contributed by atoms with Gasteiger partial charge in [-0.05, 0) is 30.5 Å². The molecule has 0 heterocycles. The standard InChI is InChI=1S/C13H19BrN2O3S/c1-11(17)15-9-2-10-16-20(18,19)13-5-3-12(4-6-13)7-8-14/h3-6,16H,2,7-10H2,1H3,(H,15,17). The topological polar surface area (TPSA) is 75.3 Å². The predicted octanol–water partition coefficient (Wildman–Crippen LogP) is 1.43. The van der Waals surface area contributed by atoms with Gasteiger partial charge in [0.1, 0.15) is 0 Å². The molecule has 0 unspecified atom stereocenters. The number of hydrogen-bond donors (Lipinski definition) is 2. The van der Waals surface area contributed by atoms with E-state index in [4.69, 9.17) is 0 Å². The van der Waals surface area contributed by atoms with E-state index in [1.165, 1.54) is 6.92 Å². The first kappa shape index (κ1) is 17.1. The van der Waals surface area contributed by atoms with Gasteiger partial charge in [-0.25, -0.2) is 13.1 Å². The Morgan fingerprint density at radius 1 is 1.20 bits per heavy atom. The lowest BCUT2D eigenvalue weighted by molar-refractivity contribution is -0.118. The van der Waals surface area contributed by atoms with E-state index >= 15 is 0 Å². The Bertz CT molecular complexity index is 529. The lowest BCUT2D eigenvalue weighted by atomic mass is 10.2. The third-order valence-corrected chi connectivity index (χ3v) is 4.51. The molecule has 1 aromatic rings. The van der Waals surface area contributed by atoms with Gasteiger partial charge in [0.2, 0.25) is 15.9 Å². The van der Waals surface area contributed by atoms with Crippen LogP contribution in [0.4, 0.5) is 0 Å². The number of nitrogens with one attached hydrogen (secondary N) is 2. The van der Waals surface area contributed by atoms with E-state index in [0.717, 1.165) is 17.3 Å². The summed E-state index contributed by atoms with van der Waals surface area (Å²) in [5.74, 6) is -0.116. The molecule has 0 radical (unpaired) electrons. The summed E-state index contributed by atoms with van der Waals surface area (Å²) in [7, 11) is -3.47. The third-order valence-electron chi connectivity index (χ3n) is 2.64. The molecular weight excluding hydrogens is 344 g/mol. The maximum atomic E-state index is 12.0. The minimum absolute atomic E-state index is 0.116. The summed E-state index contributed by atoms with van der Waals surface area (Å²) >= 11 is 3.34. The van der Waals surface area contributed by atoms with Gasteiger partial charge in [0.15, 0.2) is 0 Å². The van der Waals surface area contributed by atoms with Crippen LogP contribution in [-0.4, -0.2) is 32.7 Å². The molecular formula is C13H19BrN2O3S. The number of carbonyl (C=O) groups is 1. The Kier molecular flexibility index (Phi) is 7.18. The van der Waals surface area contributed by atoms with Crippen LogP contribution in [0.2, 0.25) is 0 Å². The van der Waals surface area contributed by atoms with Crippen LogP contribution in [0, 0.1) is 0 Å². The van der Waals surface area contributed by atoms with E-state index in [1.54, 1.807) is 12.1 Å². The average Bonchev–Trinajstić information content (AvgIpc) is 2.39. The molecule has 0 saturated heterocycles. The van der Waals surface area contributed by atoms with Crippen LogP contribution in [0.3, 0.4) is 0 Å². The van der Waals surface area contributed by atoms with Crippen molar-refractivity contribution in [3.63, 3.8) is 0 Å². The lowest BCUT2D eigenvalue weighted by Crippen LogP contribution is -2.28. The Balaban J connectivity index is 2.49. The second-order valence-electron chi connectivity index (χ2n) is 4.32. The van der Waals surface area contributed by atoms with Gasteiger partial charge < -0.3 is 5.32 Å². The maximum absolute atomic E-state index is 12.0. The van der Waals surface area contributed by atoms with Gasteiger partial charge in [0.25, 0.3) is 0 Å². The molecule has 5 nitrogen and oxygen atoms in total. The Hall–Kier alpha value is -0.920. The fourth-order valence-electron chi connectivity index (χ4n) is 1.59. The summed E-state index contributed by atoms with van der Waals surface area (Å²) in [6, 6.07) is 6.84. The monoisotopic (exact) mass is 362 g/mol. The molecule has 0 atom stereocenters. The lowest BCUT2D eigenvalue weighted by Gasteiger charge is -2.07. The van der Waals surface area contributed by atoms with Gasteiger partial charge in [-0.2, -0.15) is 0 Å². The Morgan fingerprint density at radius 3 is 2.40 bits per heavy atom. The molecule has 7 heteroatoms. The molecule has 0 aliphatic heterocycles. The molecule has 0 aliphatic rings. The van der Waals surface area contributed by atoms with Crippen LogP contribution < -0.4 is 10.0 Å². The van der Waals surface area contributed by atoms with E-state index in [0.29, 0.717) is 19.5 Å². The quantitative estimate of drug-likeness (QED) is 0.542. The molecule has 0 spiro atoms. The Labute approximate surface area is 128 Å². The van der Waals surface area contributed by atoms with Crippen LogP contribution in [0.15, 0.2) is 29.2 Å². The molecule has 0 aromatic heterocycles. The van der Waals surface area contributed by atoms with Crippen molar-refractivity contribution in [2.24, 2.45) is 0 Å². The minimum Gasteiger partial charge on any atom is -0.356 e. The number of rotatable bonds is 8. The number of alkyl halides is 1. The fraction of sp³-hybridized carbons (Fsp3) is 0.462. The fourth-order valence-corrected chi connectivity index (χ4v) is 3.12. The molecule has 1 aromatic carbocycles. The number of carbonyl (C=O) groups excluding carboxylic acids is 1. The molecule has 2 N–H and O–H groups in total. The van der Waals surface area contributed by atoms with Crippen molar-refractivity contribution in [1.29, 1.82) is 0 Å². The maximum Gasteiger partial charge on any atom is 0.240 e. The van der Waals surface area contributed by atoms with Gasteiger partial charge in [-0.1, -0.05) is 28.1 Å². The second-order valence-corrected chi connectivity index (χ2v) is 6.88. The zero-order valence-electron chi connectivity index (χ0n) is 11.4. The Morgan fingerprint density at radius 2 is 1.85 bits per heavy atom. The second kappa shape index (κ2) is 8.39. The molecule has 0 fully saturated rings. The van der Waals surface area contributed by atoms with Crippen molar-refractivity contribution < 1.29 is 13.2 Å². The highest BCUT2D eigenvalue weighted by Gasteiger charge is 2.12. The molecule has 112 valence electrons. The summed E-state index contributed by atoms with van der Waals surface area (Å²) in [6.07, 6.45) is 1.42. The van der Waals surface area contributed by atoms with Gasteiger partial charge in [-0.3, -0.25) is 4.79 Å². The van der Waals surface area contributed by atoms with Crippen molar-refractivity contribution in [2.45, 2.75) is 24.7 Å². The number of hydrogen-bond acceptors (Lipinski definition) is 3. The van der Waals surface area contributed by atoms with Crippen LogP contribution in [0.25, 0.3) is 0 Å². The smallest absolute Gasteiger partial charge is 0.240 e. The van der Waals surface area contributed by atoms with Gasteiger partial charge in [-0.15, -0.1) is 0 Å². The summed E-state index contributed by atoms with van der Waals surface area (Å²) in [5.41, 5.74) is 1.09. The first-order chi connectivity index (χ1) is 9.45. The van der Waals surface area contributed by atoms with Crippen molar-refractivity contribution >= 4 is 31.9 Å². The molecule has 1 rings (SSSR count). The minimum atomic E-state index is -3.47. The summed E-state index contributed by atoms with van der Waals surface area (Å²) in [4.78, 5) is 10.9. The zero-order valence-corrected chi connectivity index (χ0v) is 13.8. The van der Waals surface area contributed by atoms with Gasteiger partial charge in [0.05, 0.1) is 4.90 Å². The SMILES string of the molecule is CC(=O)NCCCNS(=O)(=O)c1ccc(CCBr)cc1. The largest absolute Gasteiger partial charge is 0.356 e. The number of sulfonamides is 1. The summed E-state index contributed by atoms with van der Waals surface area (Å²) < 4.78 is 26.5. The molecule has 0 bridgehead atoms. The summed E-state index contributed by atoms with van der Waals surface area (Å²) in [6.45, 7) is 2.19. The number of benzene rings is 1. The van der Waals surface area contributed by atoms with E-state index in [2.05, 4.69) is 26.0 Å². The van der Waals surface area contributed by atoms with E-state index in [-0.39, 0.29) is 10.8 Å². The van der Waals surface area contributed by atoms with Gasteiger partial charge >= 0.3 is 0 Å². The first-order valence-corrected chi connectivity index (χ1v) is 8.95. The van der Waals surface area contributed by atoms with Gasteiger partial charge in [0, 0.05) is 25.3 Å². The zero-order chi connectivity index (χ0) is 15.0. The van der Waals surface area contributed by atoms with Crippen molar-refractivity contribution in [3.8, 4) is 0 Å². The van der Waals surface area contributed by atoms with Crippen LogP contribution in [0.1, 0.15) is 18.9 Å². The third kappa shape index (κ3) is 6.02. The van der Waals surface area contributed by atoms with Crippen LogP contribution >= 0.6 is 15.9 Å². The van der Waals surface area contributed by atoms with Crippen LogP contribution in [-0.2, 0) is 21.2 Å². The van der Waals surface area contributed by atoms with E-state index in [1.807, 2.05) is 12.1 Å². The molecule has 0 saturated carbocycles. The molecule has 0 aliphatic carbocycles. The molecule has 20 heavy (non-hydrogen) atoms. The first-order valence-electron chi connectivity index (χ1n) is 6.34. The van der Waals surface area contributed by atoms with Crippen molar-refractivity contribution in [3.05, 3.63) is 29.8 Å². The number of amides is 1. The summed E-state index contributed by atoms with van der Waals surface area (Å²) in [5, 5.41) is 3.46. The van der Waals surface area contributed by atoms with Crippen molar-refractivity contribution in [2.75, 3.05) is 18.4 Å².